The number of sulfonamides is 1. The van der Waals surface area contributed by atoms with Gasteiger partial charge in [0.05, 0.1) is 23.3 Å². The molecule has 3 aromatic rings. The largest absolute Gasteiger partial charge is 0.276 e. The SMILES string of the molecule is CCc1ccc(S(=O)(=O)Nc2cnn(Cc3ccc(F)cc3)c2)cc1. The van der Waals surface area contributed by atoms with E-state index in [1.807, 2.05) is 6.92 Å². The fourth-order valence-electron chi connectivity index (χ4n) is 2.40. The molecule has 25 heavy (non-hydrogen) atoms. The van der Waals surface area contributed by atoms with Crippen LogP contribution in [0, 0.1) is 5.82 Å². The van der Waals surface area contributed by atoms with Crippen LogP contribution in [0.5, 0.6) is 0 Å². The number of rotatable bonds is 6. The van der Waals surface area contributed by atoms with E-state index in [0.717, 1.165) is 17.5 Å². The maximum atomic E-state index is 12.9. The van der Waals surface area contributed by atoms with Crippen LogP contribution in [-0.2, 0) is 23.0 Å². The van der Waals surface area contributed by atoms with E-state index in [4.69, 9.17) is 0 Å². The molecule has 2 aromatic carbocycles. The standard InChI is InChI=1S/C18H18FN3O2S/c1-2-14-5-9-18(10-6-14)25(23,24)21-17-11-20-22(13-17)12-15-3-7-16(19)8-4-15/h3-11,13,21H,2,12H2,1H3. The third-order valence-corrected chi connectivity index (χ3v) is 5.18. The summed E-state index contributed by atoms with van der Waals surface area (Å²) in [5.74, 6) is -0.299. The van der Waals surface area contributed by atoms with Crippen LogP contribution in [0.3, 0.4) is 0 Å². The lowest BCUT2D eigenvalue weighted by Gasteiger charge is -2.06. The van der Waals surface area contributed by atoms with Gasteiger partial charge in [0.1, 0.15) is 5.82 Å². The van der Waals surface area contributed by atoms with Gasteiger partial charge in [-0.3, -0.25) is 9.40 Å². The molecule has 1 N–H and O–H groups in total. The van der Waals surface area contributed by atoms with Crippen molar-refractivity contribution < 1.29 is 12.8 Å². The summed E-state index contributed by atoms with van der Waals surface area (Å²) in [5.41, 5.74) is 2.32. The highest BCUT2D eigenvalue weighted by Gasteiger charge is 2.15. The van der Waals surface area contributed by atoms with Gasteiger partial charge in [0.15, 0.2) is 0 Å². The molecule has 0 unspecified atom stereocenters. The van der Waals surface area contributed by atoms with Crippen LogP contribution < -0.4 is 4.72 Å². The number of nitrogens with zero attached hydrogens (tertiary/aromatic N) is 2. The second kappa shape index (κ2) is 7.06. The van der Waals surface area contributed by atoms with Crippen molar-refractivity contribution in [1.29, 1.82) is 0 Å². The Morgan fingerprint density at radius 2 is 1.68 bits per heavy atom. The lowest BCUT2D eigenvalue weighted by molar-refractivity contribution is 0.601. The molecular formula is C18H18FN3O2S. The minimum absolute atomic E-state index is 0.205. The van der Waals surface area contributed by atoms with Crippen LogP contribution in [0.25, 0.3) is 0 Å². The van der Waals surface area contributed by atoms with Crippen molar-refractivity contribution in [3.05, 3.63) is 77.9 Å². The second-order valence-corrected chi connectivity index (χ2v) is 7.34. The summed E-state index contributed by atoms with van der Waals surface area (Å²) in [7, 11) is -3.66. The first-order valence-corrected chi connectivity index (χ1v) is 9.33. The van der Waals surface area contributed by atoms with E-state index in [1.54, 1.807) is 47.3 Å². The van der Waals surface area contributed by atoms with Crippen LogP contribution in [0.4, 0.5) is 10.1 Å². The number of nitrogens with one attached hydrogen (secondary N) is 1. The first-order chi connectivity index (χ1) is 12.0. The van der Waals surface area contributed by atoms with E-state index in [9.17, 15) is 12.8 Å². The fraction of sp³-hybridized carbons (Fsp3) is 0.167. The predicted octanol–water partition coefficient (Wildman–Crippen LogP) is 3.43. The average molecular weight is 359 g/mol. The Kier molecular flexibility index (Phi) is 4.85. The quantitative estimate of drug-likeness (QED) is 0.733. The summed E-state index contributed by atoms with van der Waals surface area (Å²) in [4.78, 5) is 0.205. The summed E-state index contributed by atoms with van der Waals surface area (Å²) >= 11 is 0. The normalized spacial score (nSPS) is 11.4. The van der Waals surface area contributed by atoms with Crippen molar-refractivity contribution in [2.75, 3.05) is 4.72 Å². The highest BCUT2D eigenvalue weighted by molar-refractivity contribution is 7.92. The van der Waals surface area contributed by atoms with Crippen molar-refractivity contribution in [2.24, 2.45) is 0 Å². The number of aryl methyl sites for hydroxylation is 1. The molecule has 0 bridgehead atoms. The Morgan fingerprint density at radius 3 is 2.32 bits per heavy atom. The van der Waals surface area contributed by atoms with Gasteiger partial charge in [-0.25, -0.2) is 12.8 Å². The smallest absolute Gasteiger partial charge is 0.261 e. The molecule has 0 aliphatic rings. The Hall–Kier alpha value is -2.67. The molecule has 1 aromatic heterocycles. The van der Waals surface area contributed by atoms with E-state index in [0.29, 0.717) is 12.2 Å². The monoisotopic (exact) mass is 359 g/mol. The third-order valence-electron chi connectivity index (χ3n) is 3.79. The van der Waals surface area contributed by atoms with E-state index in [2.05, 4.69) is 9.82 Å². The number of aromatic nitrogens is 2. The van der Waals surface area contributed by atoms with Gasteiger partial charge in [-0.1, -0.05) is 31.2 Å². The zero-order chi connectivity index (χ0) is 17.9. The molecule has 0 radical (unpaired) electrons. The summed E-state index contributed by atoms with van der Waals surface area (Å²) in [5, 5.41) is 4.14. The highest BCUT2D eigenvalue weighted by Crippen LogP contribution is 2.17. The van der Waals surface area contributed by atoms with Gasteiger partial charge < -0.3 is 0 Å². The summed E-state index contributed by atoms with van der Waals surface area (Å²) in [6.45, 7) is 2.43. The third kappa shape index (κ3) is 4.24. The summed E-state index contributed by atoms with van der Waals surface area (Å²) in [6, 6.07) is 12.9. The van der Waals surface area contributed by atoms with Crippen molar-refractivity contribution in [3.8, 4) is 0 Å². The molecular weight excluding hydrogens is 341 g/mol. The lowest BCUT2D eigenvalue weighted by atomic mass is 10.2. The Morgan fingerprint density at radius 1 is 1.04 bits per heavy atom. The molecule has 0 amide bonds. The number of hydrogen-bond acceptors (Lipinski definition) is 3. The maximum absolute atomic E-state index is 12.9. The van der Waals surface area contributed by atoms with Crippen LogP contribution in [-0.4, -0.2) is 18.2 Å². The van der Waals surface area contributed by atoms with Crippen LogP contribution in [0.1, 0.15) is 18.1 Å². The highest BCUT2D eigenvalue weighted by atomic mass is 32.2. The molecule has 0 atom stereocenters. The topological polar surface area (TPSA) is 64.0 Å². The van der Waals surface area contributed by atoms with Gasteiger partial charge in [0.25, 0.3) is 10.0 Å². The number of hydrogen-bond donors (Lipinski definition) is 1. The van der Waals surface area contributed by atoms with Gasteiger partial charge in [-0.05, 0) is 41.8 Å². The van der Waals surface area contributed by atoms with Crippen LogP contribution >= 0.6 is 0 Å². The van der Waals surface area contributed by atoms with Crippen molar-refractivity contribution in [2.45, 2.75) is 24.8 Å². The van der Waals surface area contributed by atoms with Crippen molar-refractivity contribution in [3.63, 3.8) is 0 Å². The zero-order valence-corrected chi connectivity index (χ0v) is 14.5. The molecule has 0 fully saturated rings. The lowest BCUT2D eigenvalue weighted by Crippen LogP contribution is -2.12. The molecule has 3 rings (SSSR count). The predicted molar refractivity (Wildman–Crippen MR) is 94.4 cm³/mol. The molecule has 1 heterocycles. The summed E-state index contributed by atoms with van der Waals surface area (Å²) in [6.07, 6.45) is 3.90. The van der Waals surface area contributed by atoms with Gasteiger partial charge in [-0.2, -0.15) is 5.10 Å². The van der Waals surface area contributed by atoms with E-state index in [-0.39, 0.29) is 10.7 Å². The molecule has 0 saturated carbocycles. The minimum atomic E-state index is -3.66. The van der Waals surface area contributed by atoms with Crippen molar-refractivity contribution >= 4 is 15.7 Å². The molecule has 0 spiro atoms. The Labute approximate surface area is 146 Å². The Bertz CT molecular complexity index is 949. The molecule has 0 saturated heterocycles. The average Bonchev–Trinajstić information content (AvgIpc) is 3.03. The Balaban J connectivity index is 1.72. The van der Waals surface area contributed by atoms with Crippen molar-refractivity contribution in [1.82, 2.24) is 9.78 Å². The van der Waals surface area contributed by atoms with E-state index < -0.39 is 10.0 Å². The molecule has 7 heteroatoms. The fourth-order valence-corrected chi connectivity index (χ4v) is 3.43. The van der Waals surface area contributed by atoms with Gasteiger partial charge in [0.2, 0.25) is 0 Å². The maximum Gasteiger partial charge on any atom is 0.261 e. The van der Waals surface area contributed by atoms with E-state index >= 15 is 0 Å². The van der Waals surface area contributed by atoms with Gasteiger partial charge in [-0.15, -0.1) is 0 Å². The first kappa shape index (κ1) is 17.2. The van der Waals surface area contributed by atoms with Crippen LogP contribution in [0.15, 0.2) is 65.8 Å². The zero-order valence-electron chi connectivity index (χ0n) is 13.7. The summed E-state index contributed by atoms with van der Waals surface area (Å²) < 4.78 is 41.9. The molecule has 0 aliphatic heterocycles. The molecule has 5 nitrogen and oxygen atoms in total. The van der Waals surface area contributed by atoms with E-state index in [1.165, 1.54) is 18.3 Å². The first-order valence-electron chi connectivity index (χ1n) is 7.85. The second-order valence-electron chi connectivity index (χ2n) is 5.66. The van der Waals surface area contributed by atoms with Gasteiger partial charge >= 0.3 is 0 Å². The van der Waals surface area contributed by atoms with Gasteiger partial charge in [0, 0.05) is 6.20 Å². The molecule has 0 aliphatic carbocycles. The number of halogens is 1. The minimum Gasteiger partial charge on any atom is -0.276 e. The number of anilines is 1. The number of benzene rings is 2. The molecule has 130 valence electrons. The van der Waals surface area contributed by atoms with Crippen LogP contribution in [0.2, 0.25) is 0 Å².